The zero-order valence-corrected chi connectivity index (χ0v) is 22.7. The first kappa shape index (κ1) is 24.3. The fourth-order valence-corrected chi connectivity index (χ4v) is 5.92. The number of hydrogen-bond acceptors (Lipinski definition) is 0. The van der Waals surface area contributed by atoms with Crippen molar-refractivity contribution in [3.05, 3.63) is 95.7 Å². The molecule has 0 aliphatic heterocycles. The standard InChI is InChI=1S/C34H39N2/c1-7-19-34(5,9-3)30-22-25(8-2)15-16-28(30)33-23-26(18-20-35(33)6)36-31-13-11-10-12-27(31)29-21-24(4)14-17-32(29)36/h10-18,20-23H,7-9,19H2,1-6H3/q+1. The van der Waals surface area contributed by atoms with Crippen molar-refractivity contribution in [2.24, 2.45) is 7.05 Å². The lowest BCUT2D eigenvalue weighted by molar-refractivity contribution is -0.660. The molecule has 36 heavy (non-hydrogen) atoms. The summed E-state index contributed by atoms with van der Waals surface area (Å²) in [4.78, 5) is 0. The Morgan fingerprint density at radius 3 is 2.36 bits per heavy atom. The Morgan fingerprint density at radius 2 is 1.61 bits per heavy atom. The van der Waals surface area contributed by atoms with Gasteiger partial charge in [-0.1, -0.05) is 76.1 Å². The molecule has 0 aliphatic rings. The van der Waals surface area contributed by atoms with Gasteiger partial charge in [-0.05, 0) is 67.0 Å². The number of hydrogen-bond donors (Lipinski definition) is 0. The predicted molar refractivity (Wildman–Crippen MR) is 154 cm³/mol. The topological polar surface area (TPSA) is 8.81 Å². The number of benzene rings is 3. The highest BCUT2D eigenvalue weighted by molar-refractivity contribution is 6.09. The Hall–Kier alpha value is -3.39. The predicted octanol–water partition coefficient (Wildman–Crippen LogP) is 8.61. The molecule has 0 saturated carbocycles. The molecule has 0 spiro atoms. The number of aromatic nitrogens is 2. The summed E-state index contributed by atoms with van der Waals surface area (Å²) in [6.07, 6.45) is 6.80. The van der Waals surface area contributed by atoms with Gasteiger partial charge < -0.3 is 4.57 Å². The van der Waals surface area contributed by atoms with Crippen LogP contribution in [0.1, 0.15) is 63.6 Å². The summed E-state index contributed by atoms with van der Waals surface area (Å²) in [5.41, 5.74) is 10.7. The van der Waals surface area contributed by atoms with Crippen LogP contribution in [0.3, 0.4) is 0 Å². The number of para-hydroxylation sites is 1. The molecule has 2 aromatic heterocycles. The summed E-state index contributed by atoms with van der Waals surface area (Å²) < 4.78 is 4.72. The van der Waals surface area contributed by atoms with Gasteiger partial charge in [0.25, 0.3) is 0 Å². The van der Waals surface area contributed by atoms with E-state index in [0.717, 1.165) is 12.8 Å². The highest BCUT2D eigenvalue weighted by atomic mass is 15.0. The summed E-state index contributed by atoms with van der Waals surface area (Å²) >= 11 is 0. The van der Waals surface area contributed by atoms with Crippen molar-refractivity contribution in [3.63, 3.8) is 0 Å². The van der Waals surface area contributed by atoms with Gasteiger partial charge in [0.05, 0.1) is 16.7 Å². The van der Waals surface area contributed by atoms with E-state index in [9.17, 15) is 0 Å². The Balaban J connectivity index is 1.78. The third-order valence-corrected chi connectivity index (χ3v) is 8.22. The zero-order chi connectivity index (χ0) is 25.4. The van der Waals surface area contributed by atoms with E-state index in [1.165, 1.54) is 68.3 Å². The average Bonchev–Trinajstić information content (AvgIpc) is 3.22. The van der Waals surface area contributed by atoms with Crippen molar-refractivity contribution in [3.8, 4) is 16.9 Å². The van der Waals surface area contributed by atoms with Gasteiger partial charge in [-0.25, -0.2) is 4.57 Å². The molecule has 5 rings (SSSR count). The van der Waals surface area contributed by atoms with Gasteiger partial charge in [-0.15, -0.1) is 0 Å². The van der Waals surface area contributed by atoms with Gasteiger partial charge in [-0.3, -0.25) is 0 Å². The first-order valence-electron chi connectivity index (χ1n) is 13.5. The van der Waals surface area contributed by atoms with Crippen LogP contribution in [0.5, 0.6) is 0 Å². The molecule has 0 saturated heterocycles. The molecule has 0 fully saturated rings. The van der Waals surface area contributed by atoms with E-state index in [2.05, 4.69) is 130 Å². The SMILES string of the molecule is CCCC(C)(CC)c1cc(CC)ccc1-c1cc(-n2c3ccccc3c3cc(C)ccc32)cc[n+]1C. The van der Waals surface area contributed by atoms with Crippen molar-refractivity contribution in [1.29, 1.82) is 0 Å². The number of fused-ring (bicyclic) bond motifs is 3. The van der Waals surface area contributed by atoms with Crippen molar-refractivity contribution < 1.29 is 4.57 Å². The van der Waals surface area contributed by atoms with Crippen LogP contribution in [0.4, 0.5) is 0 Å². The van der Waals surface area contributed by atoms with Crippen LogP contribution in [0.2, 0.25) is 0 Å². The Labute approximate surface area is 216 Å². The molecule has 3 aromatic carbocycles. The largest absolute Gasteiger partial charge is 0.309 e. The van der Waals surface area contributed by atoms with Gasteiger partial charge in [0.15, 0.2) is 6.20 Å². The molecule has 5 aromatic rings. The van der Waals surface area contributed by atoms with E-state index in [1.807, 2.05) is 0 Å². The number of aryl methyl sites for hydroxylation is 3. The van der Waals surface area contributed by atoms with Crippen molar-refractivity contribution >= 4 is 21.8 Å². The summed E-state index contributed by atoms with van der Waals surface area (Å²) in [7, 11) is 2.18. The molecule has 1 unspecified atom stereocenters. The Bertz CT molecular complexity index is 1560. The van der Waals surface area contributed by atoms with Crippen LogP contribution < -0.4 is 4.57 Å². The van der Waals surface area contributed by atoms with Gasteiger partial charge >= 0.3 is 0 Å². The second-order valence-corrected chi connectivity index (χ2v) is 10.7. The van der Waals surface area contributed by atoms with Crippen molar-refractivity contribution in [2.75, 3.05) is 0 Å². The van der Waals surface area contributed by atoms with Crippen LogP contribution in [0, 0.1) is 6.92 Å². The highest BCUT2D eigenvalue weighted by Gasteiger charge is 2.29. The molecule has 1 atom stereocenters. The summed E-state index contributed by atoms with van der Waals surface area (Å²) in [5, 5.41) is 2.62. The summed E-state index contributed by atoms with van der Waals surface area (Å²) in [6, 6.07) is 27.4. The second-order valence-electron chi connectivity index (χ2n) is 10.7. The first-order valence-corrected chi connectivity index (χ1v) is 13.5. The third kappa shape index (κ3) is 4.03. The van der Waals surface area contributed by atoms with Crippen LogP contribution in [0.25, 0.3) is 38.8 Å². The fourth-order valence-electron chi connectivity index (χ4n) is 5.92. The maximum absolute atomic E-state index is 2.48. The highest BCUT2D eigenvalue weighted by Crippen LogP contribution is 2.40. The minimum atomic E-state index is 0.155. The van der Waals surface area contributed by atoms with Crippen LogP contribution in [-0.4, -0.2) is 4.57 Å². The van der Waals surface area contributed by atoms with Gasteiger partial charge in [-0.2, -0.15) is 0 Å². The molecule has 0 radical (unpaired) electrons. The average molecular weight is 476 g/mol. The van der Waals surface area contributed by atoms with Gasteiger partial charge in [0.1, 0.15) is 7.05 Å². The minimum Gasteiger partial charge on any atom is -0.309 e. The molecule has 0 aliphatic carbocycles. The lowest BCUT2D eigenvalue weighted by Gasteiger charge is -2.31. The second kappa shape index (κ2) is 9.58. The van der Waals surface area contributed by atoms with E-state index in [-0.39, 0.29) is 5.41 Å². The van der Waals surface area contributed by atoms with E-state index >= 15 is 0 Å². The smallest absolute Gasteiger partial charge is 0.214 e. The Morgan fingerprint density at radius 1 is 0.833 bits per heavy atom. The first-order chi connectivity index (χ1) is 17.4. The molecule has 2 heterocycles. The van der Waals surface area contributed by atoms with Crippen molar-refractivity contribution in [2.45, 2.75) is 65.7 Å². The molecule has 0 N–H and O–H groups in total. The van der Waals surface area contributed by atoms with E-state index in [1.54, 1.807) is 0 Å². The van der Waals surface area contributed by atoms with E-state index in [4.69, 9.17) is 0 Å². The molecule has 0 bridgehead atoms. The monoisotopic (exact) mass is 475 g/mol. The maximum Gasteiger partial charge on any atom is 0.214 e. The molecular formula is C34H39N2+. The van der Waals surface area contributed by atoms with E-state index in [0.29, 0.717) is 0 Å². The lowest BCUT2D eigenvalue weighted by atomic mass is 9.73. The third-order valence-electron chi connectivity index (χ3n) is 8.22. The van der Waals surface area contributed by atoms with E-state index < -0.39 is 0 Å². The lowest BCUT2D eigenvalue weighted by Crippen LogP contribution is -2.32. The van der Waals surface area contributed by atoms with Crippen molar-refractivity contribution in [1.82, 2.24) is 4.57 Å². The number of nitrogens with zero attached hydrogens (tertiary/aromatic N) is 2. The zero-order valence-electron chi connectivity index (χ0n) is 22.7. The quantitative estimate of drug-likeness (QED) is 0.208. The summed E-state index contributed by atoms with van der Waals surface area (Å²) in [6.45, 7) is 11.5. The fraction of sp³-hybridized carbons (Fsp3) is 0.324. The molecule has 184 valence electrons. The molecule has 2 heteroatoms. The molecular weight excluding hydrogens is 436 g/mol. The number of rotatable bonds is 7. The van der Waals surface area contributed by atoms with Crippen LogP contribution in [-0.2, 0) is 18.9 Å². The minimum absolute atomic E-state index is 0.155. The maximum atomic E-state index is 2.48. The number of pyridine rings is 1. The summed E-state index contributed by atoms with van der Waals surface area (Å²) in [5.74, 6) is 0. The molecule has 2 nitrogen and oxygen atoms in total. The van der Waals surface area contributed by atoms with Crippen LogP contribution >= 0.6 is 0 Å². The normalized spacial score (nSPS) is 13.4. The molecule has 0 amide bonds. The van der Waals surface area contributed by atoms with Crippen LogP contribution in [0.15, 0.2) is 79.0 Å². The Kier molecular flexibility index (Phi) is 6.47. The van der Waals surface area contributed by atoms with Gasteiger partial charge in [0, 0.05) is 28.5 Å². The van der Waals surface area contributed by atoms with Gasteiger partial charge in [0.2, 0.25) is 5.69 Å².